The minimum Gasteiger partial charge on any atom is -0.481 e. The number of amides is 1. The lowest BCUT2D eigenvalue weighted by Gasteiger charge is -2.31. The molecular weight excluding hydrogens is 394 g/mol. The van der Waals surface area contributed by atoms with E-state index >= 15 is 0 Å². The summed E-state index contributed by atoms with van der Waals surface area (Å²) < 4.78 is 0. The Balaban J connectivity index is 1.83. The molecule has 0 bridgehead atoms. The Hall–Kier alpha value is -2.24. The number of piperidine rings is 1. The summed E-state index contributed by atoms with van der Waals surface area (Å²) in [5.74, 6) is -0.967. The predicted octanol–water partition coefficient (Wildman–Crippen LogP) is 4.84. The molecule has 1 heterocycles. The van der Waals surface area contributed by atoms with Crippen LogP contribution in [0, 0.1) is 5.92 Å². The second-order valence-electron chi connectivity index (χ2n) is 6.72. The maximum Gasteiger partial charge on any atom is 0.308 e. The fourth-order valence-electron chi connectivity index (χ4n) is 3.19. The third-order valence-electron chi connectivity index (χ3n) is 4.71. The van der Waals surface area contributed by atoms with Crippen LogP contribution in [0.2, 0.25) is 5.02 Å². The standard InChI is InChI=1S/C22H22ClNO3S/c23-20-11-5-4-7-16(20)13-18(15-28-19-9-2-1-3-10-19)21(25)24-12-6-8-17(14-24)22(26)27/h1-5,7,9-11,13,17H,6,8,12,14-15H2,(H,26,27). The largest absolute Gasteiger partial charge is 0.481 e. The maximum atomic E-state index is 13.2. The molecule has 1 unspecified atom stereocenters. The minimum absolute atomic E-state index is 0.116. The van der Waals surface area contributed by atoms with Gasteiger partial charge >= 0.3 is 5.97 Å². The summed E-state index contributed by atoms with van der Waals surface area (Å²) in [4.78, 5) is 27.3. The van der Waals surface area contributed by atoms with E-state index < -0.39 is 11.9 Å². The molecular formula is C22H22ClNO3S. The normalized spacial score (nSPS) is 17.4. The number of carbonyl (C=O) groups is 2. The summed E-state index contributed by atoms with van der Waals surface area (Å²) in [5, 5.41) is 9.91. The molecule has 0 spiro atoms. The van der Waals surface area contributed by atoms with E-state index in [2.05, 4.69) is 0 Å². The highest BCUT2D eigenvalue weighted by Crippen LogP contribution is 2.26. The highest BCUT2D eigenvalue weighted by Gasteiger charge is 2.29. The summed E-state index contributed by atoms with van der Waals surface area (Å²) in [5.41, 5.74) is 1.40. The smallest absolute Gasteiger partial charge is 0.308 e. The Kier molecular flexibility index (Phi) is 7.18. The quantitative estimate of drug-likeness (QED) is 0.541. The summed E-state index contributed by atoms with van der Waals surface area (Å²) in [6, 6.07) is 17.3. The zero-order valence-electron chi connectivity index (χ0n) is 15.4. The number of hydrogen-bond acceptors (Lipinski definition) is 3. The van der Waals surface area contributed by atoms with Crippen LogP contribution in [0.5, 0.6) is 0 Å². The molecule has 1 amide bonds. The monoisotopic (exact) mass is 415 g/mol. The number of benzene rings is 2. The van der Waals surface area contributed by atoms with Crippen molar-refractivity contribution in [2.45, 2.75) is 17.7 Å². The summed E-state index contributed by atoms with van der Waals surface area (Å²) in [6.45, 7) is 0.836. The number of carboxylic acids is 1. The second kappa shape index (κ2) is 9.80. The van der Waals surface area contributed by atoms with Gasteiger partial charge in [-0.3, -0.25) is 9.59 Å². The SMILES string of the molecule is O=C(O)C1CCCN(C(=O)C(=Cc2ccccc2Cl)CSc2ccccc2)C1. The lowest BCUT2D eigenvalue weighted by Crippen LogP contribution is -2.43. The van der Waals surface area contributed by atoms with Crippen LogP contribution in [-0.4, -0.2) is 40.7 Å². The molecule has 0 saturated carbocycles. The Morgan fingerprint density at radius 2 is 1.86 bits per heavy atom. The molecule has 1 atom stereocenters. The third kappa shape index (κ3) is 5.40. The molecule has 1 fully saturated rings. The number of hydrogen-bond donors (Lipinski definition) is 1. The van der Waals surface area contributed by atoms with Gasteiger partial charge in [0.1, 0.15) is 0 Å². The maximum absolute atomic E-state index is 13.2. The highest BCUT2D eigenvalue weighted by molar-refractivity contribution is 7.99. The summed E-state index contributed by atoms with van der Waals surface area (Å²) in [6.07, 6.45) is 3.14. The zero-order valence-corrected chi connectivity index (χ0v) is 17.0. The third-order valence-corrected chi connectivity index (χ3v) is 6.11. The van der Waals surface area contributed by atoms with E-state index in [0.717, 1.165) is 10.5 Å². The van der Waals surface area contributed by atoms with Gasteiger partial charge in [-0.15, -0.1) is 11.8 Å². The van der Waals surface area contributed by atoms with E-state index in [0.29, 0.717) is 35.7 Å². The van der Waals surface area contributed by atoms with Gasteiger partial charge in [0.2, 0.25) is 0 Å². The topological polar surface area (TPSA) is 57.6 Å². The number of nitrogens with zero attached hydrogens (tertiary/aromatic N) is 1. The van der Waals surface area contributed by atoms with E-state index in [1.807, 2.05) is 54.6 Å². The first-order valence-electron chi connectivity index (χ1n) is 9.19. The van der Waals surface area contributed by atoms with Gasteiger partial charge in [-0.25, -0.2) is 0 Å². The Morgan fingerprint density at radius 3 is 2.57 bits per heavy atom. The van der Waals surface area contributed by atoms with E-state index in [1.165, 1.54) is 0 Å². The lowest BCUT2D eigenvalue weighted by molar-refractivity contribution is -0.145. The molecule has 2 aromatic carbocycles. The van der Waals surface area contributed by atoms with Crippen LogP contribution in [0.1, 0.15) is 18.4 Å². The molecule has 1 saturated heterocycles. The molecule has 6 heteroatoms. The van der Waals surface area contributed by atoms with Crippen molar-refractivity contribution in [1.82, 2.24) is 4.90 Å². The molecule has 0 aromatic heterocycles. The van der Waals surface area contributed by atoms with Gasteiger partial charge in [0.15, 0.2) is 0 Å². The van der Waals surface area contributed by atoms with Crippen molar-refractivity contribution >= 4 is 41.3 Å². The Bertz CT molecular complexity index is 869. The van der Waals surface area contributed by atoms with Gasteiger partial charge < -0.3 is 10.0 Å². The number of carboxylic acid groups (broad SMARTS) is 1. The van der Waals surface area contributed by atoms with Crippen LogP contribution >= 0.6 is 23.4 Å². The fraction of sp³-hybridized carbons (Fsp3) is 0.273. The zero-order chi connectivity index (χ0) is 19.9. The minimum atomic E-state index is -0.840. The van der Waals surface area contributed by atoms with Crippen molar-refractivity contribution < 1.29 is 14.7 Å². The number of rotatable bonds is 6. The fourth-order valence-corrected chi connectivity index (χ4v) is 4.26. The van der Waals surface area contributed by atoms with Crippen LogP contribution < -0.4 is 0 Å². The average Bonchev–Trinajstić information content (AvgIpc) is 2.72. The predicted molar refractivity (Wildman–Crippen MR) is 114 cm³/mol. The Labute approximate surface area is 174 Å². The molecule has 3 rings (SSSR count). The first kappa shape index (κ1) is 20.5. The molecule has 2 aromatic rings. The highest BCUT2D eigenvalue weighted by atomic mass is 35.5. The molecule has 4 nitrogen and oxygen atoms in total. The summed E-state index contributed by atoms with van der Waals surface area (Å²) >= 11 is 7.86. The van der Waals surface area contributed by atoms with E-state index in [1.54, 1.807) is 22.7 Å². The molecule has 1 N–H and O–H groups in total. The van der Waals surface area contributed by atoms with Crippen LogP contribution in [0.3, 0.4) is 0 Å². The van der Waals surface area contributed by atoms with E-state index in [-0.39, 0.29) is 12.5 Å². The lowest BCUT2D eigenvalue weighted by atomic mass is 9.97. The van der Waals surface area contributed by atoms with Crippen molar-refractivity contribution in [2.24, 2.45) is 5.92 Å². The first-order chi connectivity index (χ1) is 13.5. The van der Waals surface area contributed by atoms with Gasteiger partial charge in [-0.2, -0.15) is 0 Å². The van der Waals surface area contributed by atoms with Gasteiger partial charge in [-0.1, -0.05) is 48.0 Å². The number of carbonyl (C=O) groups excluding carboxylic acids is 1. The van der Waals surface area contributed by atoms with Gasteiger partial charge in [0, 0.05) is 34.3 Å². The van der Waals surface area contributed by atoms with Crippen LogP contribution in [0.25, 0.3) is 6.08 Å². The van der Waals surface area contributed by atoms with Gasteiger partial charge in [-0.05, 0) is 42.7 Å². The van der Waals surface area contributed by atoms with Crippen molar-refractivity contribution in [3.63, 3.8) is 0 Å². The number of aliphatic carboxylic acids is 1. The first-order valence-corrected chi connectivity index (χ1v) is 10.6. The molecule has 0 radical (unpaired) electrons. The molecule has 146 valence electrons. The van der Waals surface area contributed by atoms with Crippen LogP contribution in [0.15, 0.2) is 65.1 Å². The van der Waals surface area contributed by atoms with Crippen molar-refractivity contribution in [3.8, 4) is 0 Å². The Morgan fingerprint density at radius 1 is 1.14 bits per heavy atom. The molecule has 1 aliphatic rings. The molecule has 1 aliphatic heterocycles. The number of halogens is 1. The molecule has 0 aliphatic carbocycles. The molecule has 28 heavy (non-hydrogen) atoms. The van der Waals surface area contributed by atoms with Crippen molar-refractivity contribution in [3.05, 3.63) is 70.8 Å². The van der Waals surface area contributed by atoms with E-state index in [9.17, 15) is 14.7 Å². The van der Waals surface area contributed by atoms with Gasteiger partial charge in [0.25, 0.3) is 5.91 Å². The summed E-state index contributed by atoms with van der Waals surface area (Å²) in [7, 11) is 0. The van der Waals surface area contributed by atoms with Crippen molar-refractivity contribution in [2.75, 3.05) is 18.8 Å². The van der Waals surface area contributed by atoms with E-state index in [4.69, 9.17) is 11.6 Å². The van der Waals surface area contributed by atoms with Gasteiger partial charge in [0.05, 0.1) is 5.92 Å². The second-order valence-corrected chi connectivity index (χ2v) is 8.18. The van der Waals surface area contributed by atoms with Crippen LogP contribution in [-0.2, 0) is 9.59 Å². The van der Waals surface area contributed by atoms with Crippen molar-refractivity contribution in [1.29, 1.82) is 0 Å². The average molecular weight is 416 g/mol. The number of likely N-dealkylation sites (tertiary alicyclic amines) is 1. The van der Waals surface area contributed by atoms with Crippen LogP contribution in [0.4, 0.5) is 0 Å². The number of thioether (sulfide) groups is 1.